The lowest BCUT2D eigenvalue weighted by Crippen LogP contribution is -2.45. The molecule has 2 N–H and O–H groups in total. The number of pyridine rings is 1. The van der Waals surface area contributed by atoms with Crippen molar-refractivity contribution in [3.63, 3.8) is 0 Å². The highest BCUT2D eigenvalue weighted by molar-refractivity contribution is 5.80. The summed E-state index contributed by atoms with van der Waals surface area (Å²) in [5.74, 6) is 1.92. The number of aromatic nitrogens is 1. The molecule has 0 amide bonds. The smallest absolute Gasteiger partial charge is 0.191 e. The van der Waals surface area contributed by atoms with Crippen molar-refractivity contribution in [2.75, 3.05) is 24.5 Å². The largest absolute Gasteiger partial charge is 0.372 e. The van der Waals surface area contributed by atoms with Crippen LogP contribution in [-0.4, -0.2) is 48.8 Å². The predicted molar refractivity (Wildman–Crippen MR) is 97.4 cm³/mol. The maximum atomic E-state index is 5.79. The van der Waals surface area contributed by atoms with E-state index in [2.05, 4.69) is 58.4 Å². The van der Waals surface area contributed by atoms with E-state index in [1.807, 2.05) is 6.20 Å². The Kier molecular flexibility index (Phi) is 5.56. The van der Waals surface area contributed by atoms with Gasteiger partial charge >= 0.3 is 0 Å². The SMILES string of the molecule is CCNC(=NCc1ccc(N2CC(C)OC(C)C2)nc1)NC1CC1. The second kappa shape index (κ2) is 7.83. The molecule has 2 heterocycles. The van der Waals surface area contributed by atoms with Crippen LogP contribution in [0.1, 0.15) is 39.2 Å². The van der Waals surface area contributed by atoms with Gasteiger partial charge in [-0.05, 0) is 45.2 Å². The molecular weight excluding hydrogens is 302 g/mol. The van der Waals surface area contributed by atoms with Crippen molar-refractivity contribution >= 4 is 11.8 Å². The molecule has 2 atom stereocenters. The van der Waals surface area contributed by atoms with E-state index in [9.17, 15) is 0 Å². The lowest BCUT2D eigenvalue weighted by molar-refractivity contribution is -0.00545. The van der Waals surface area contributed by atoms with Crippen LogP contribution in [0.15, 0.2) is 23.3 Å². The summed E-state index contributed by atoms with van der Waals surface area (Å²) in [7, 11) is 0. The van der Waals surface area contributed by atoms with E-state index in [0.717, 1.165) is 37.0 Å². The molecule has 0 aromatic carbocycles. The van der Waals surface area contributed by atoms with Gasteiger partial charge in [-0.3, -0.25) is 0 Å². The van der Waals surface area contributed by atoms with Crippen molar-refractivity contribution < 1.29 is 4.74 Å². The molecule has 0 bridgehead atoms. The number of morpholine rings is 1. The Bertz CT molecular complexity index is 545. The van der Waals surface area contributed by atoms with Gasteiger partial charge in [-0.1, -0.05) is 6.07 Å². The van der Waals surface area contributed by atoms with Crippen LogP contribution in [0.5, 0.6) is 0 Å². The molecule has 1 aromatic rings. The fourth-order valence-electron chi connectivity index (χ4n) is 2.97. The Labute approximate surface area is 144 Å². The molecule has 0 radical (unpaired) electrons. The summed E-state index contributed by atoms with van der Waals surface area (Å²) >= 11 is 0. The number of nitrogens with zero attached hydrogens (tertiary/aromatic N) is 3. The standard InChI is InChI=1S/C18H29N5O/c1-4-19-18(22-16-6-7-16)21-10-15-5-8-17(20-9-15)23-11-13(2)24-14(3)12-23/h5,8-9,13-14,16H,4,6-7,10-12H2,1-3H3,(H2,19,21,22). The summed E-state index contributed by atoms with van der Waals surface area (Å²) in [6, 6.07) is 4.82. The molecule has 132 valence electrons. The fourth-order valence-corrected chi connectivity index (χ4v) is 2.97. The second-order valence-electron chi connectivity index (χ2n) is 6.80. The summed E-state index contributed by atoms with van der Waals surface area (Å²) in [6.45, 7) is 9.62. The summed E-state index contributed by atoms with van der Waals surface area (Å²) in [5.41, 5.74) is 1.13. The minimum absolute atomic E-state index is 0.246. The minimum atomic E-state index is 0.246. The first kappa shape index (κ1) is 17.0. The molecule has 2 aliphatic rings. The number of hydrogen-bond acceptors (Lipinski definition) is 4. The molecule has 1 aromatic heterocycles. The highest BCUT2D eigenvalue weighted by atomic mass is 16.5. The Hall–Kier alpha value is -1.82. The van der Waals surface area contributed by atoms with Crippen LogP contribution in [-0.2, 0) is 11.3 Å². The molecule has 2 unspecified atom stereocenters. The monoisotopic (exact) mass is 331 g/mol. The summed E-state index contributed by atoms with van der Waals surface area (Å²) < 4.78 is 5.79. The van der Waals surface area contributed by atoms with Crippen molar-refractivity contribution in [2.24, 2.45) is 4.99 Å². The van der Waals surface area contributed by atoms with Crippen LogP contribution in [0.4, 0.5) is 5.82 Å². The maximum absolute atomic E-state index is 5.79. The van der Waals surface area contributed by atoms with Crippen LogP contribution in [0.2, 0.25) is 0 Å². The first-order valence-electron chi connectivity index (χ1n) is 9.04. The average molecular weight is 331 g/mol. The number of aliphatic imine (C=N–C) groups is 1. The van der Waals surface area contributed by atoms with Gasteiger partial charge in [0.05, 0.1) is 18.8 Å². The number of guanidine groups is 1. The third-order valence-electron chi connectivity index (χ3n) is 4.23. The van der Waals surface area contributed by atoms with Gasteiger partial charge in [0.25, 0.3) is 0 Å². The van der Waals surface area contributed by atoms with Gasteiger partial charge in [-0.2, -0.15) is 0 Å². The zero-order chi connectivity index (χ0) is 16.9. The first-order valence-corrected chi connectivity index (χ1v) is 9.04. The van der Waals surface area contributed by atoms with Crippen molar-refractivity contribution in [3.05, 3.63) is 23.9 Å². The number of ether oxygens (including phenoxy) is 1. The van der Waals surface area contributed by atoms with Crippen LogP contribution < -0.4 is 15.5 Å². The highest BCUT2D eigenvalue weighted by Gasteiger charge is 2.23. The van der Waals surface area contributed by atoms with Crippen LogP contribution in [0.25, 0.3) is 0 Å². The van der Waals surface area contributed by atoms with E-state index in [-0.39, 0.29) is 12.2 Å². The number of nitrogens with one attached hydrogen (secondary N) is 2. The lowest BCUT2D eigenvalue weighted by Gasteiger charge is -2.36. The Morgan fingerprint density at radius 2 is 2.04 bits per heavy atom. The maximum Gasteiger partial charge on any atom is 0.191 e. The first-order chi connectivity index (χ1) is 11.6. The van der Waals surface area contributed by atoms with E-state index < -0.39 is 0 Å². The quantitative estimate of drug-likeness (QED) is 0.637. The lowest BCUT2D eigenvalue weighted by atomic mass is 10.2. The van der Waals surface area contributed by atoms with Gasteiger partial charge < -0.3 is 20.3 Å². The van der Waals surface area contributed by atoms with Crippen molar-refractivity contribution in [1.82, 2.24) is 15.6 Å². The average Bonchev–Trinajstić information content (AvgIpc) is 3.36. The van der Waals surface area contributed by atoms with Gasteiger partial charge in [0.15, 0.2) is 5.96 Å². The molecule has 3 rings (SSSR count). The van der Waals surface area contributed by atoms with Crippen molar-refractivity contribution in [3.8, 4) is 0 Å². The number of anilines is 1. The van der Waals surface area contributed by atoms with Gasteiger partial charge in [0.1, 0.15) is 5.82 Å². The van der Waals surface area contributed by atoms with Crippen molar-refractivity contribution in [2.45, 2.75) is 58.4 Å². The van der Waals surface area contributed by atoms with Gasteiger partial charge in [0.2, 0.25) is 0 Å². The molecule has 2 fully saturated rings. The highest BCUT2D eigenvalue weighted by Crippen LogP contribution is 2.19. The summed E-state index contributed by atoms with van der Waals surface area (Å²) in [6.07, 6.45) is 4.92. The molecule has 1 saturated heterocycles. The number of rotatable bonds is 5. The van der Waals surface area contributed by atoms with E-state index in [1.54, 1.807) is 0 Å². The Balaban J connectivity index is 1.59. The molecule has 6 heteroatoms. The summed E-state index contributed by atoms with van der Waals surface area (Å²) in [4.78, 5) is 11.6. The molecule has 1 aliphatic carbocycles. The third-order valence-corrected chi connectivity index (χ3v) is 4.23. The number of hydrogen-bond donors (Lipinski definition) is 2. The van der Waals surface area contributed by atoms with E-state index in [0.29, 0.717) is 12.6 Å². The van der Waals surface area contributed by atoms with E-state index >= 15 is 0 Å². The van der Waals surface area contributed by atoms with E-state index in [1.165, 1.54) is 12.8 Å². The van der Waals surface area contributed by atoms with Crippen LogP contribution >= 0.6 is 0 Å². The molecule has 1 aliphatic heterocycles. The predicted octanol–water partition coefficient (Wildman–Crippen LogP) is 1.91. The second-order valence-corrected chi connectivity index (χ2v) is 6.80. The summed E-state index contributed by atoms with van der Waals surface area (Å²) in [5, 5.41) is 6.72. The van der Waals surface area contributed by atoms with Gasteiger partial charge in [-0.15, -0.1) is 0 Å². The normalized spacial score (nSPS) is 24.8. The van der Waals surface area contributed by atoms with Gasteiger partial charge in [0, 0.05) is 31.9 Å². The Morgan fingerprint density at radius 3 is 2.62 bits per heavy atom. The minimum Gasteiger partial charge on any atom is -0.372 e. The van der Waals surface area contributed by atoms with E-state index in [4.69, 9.17) is 4.74 Å². The molecular formula is C18H29N5O. The topological polar surface area (TPSA) is 61.8 Å². The zero-order valence-electron chi connectivity index (χ0n) is 15.0. The zero-order valence-corrected chi connectivity index (χ0v) is 15.0. The van der Waals surface area contributed by atoms with Crippen molar-refractivity contribution in [1.29, 1.82) is 0 Å². The fraction of sp³-hybridized carbons (Fsp3) is 0.667. The Morgan fingerprint density at radius 1 is 1.29 bits per heavy atom. The van der Waals surface area contributed by atoms with Crippen LogP contribution in [0.3, 0.4) is 0 Å². The molecule has 6 nitrogen and oxygen atoms in total. The molecule has 1 saturated carbocycles. The molecule has 0 spiro atoms. The van der Waals surface area contributed by atoms with Crippen LogP contribution in [0, 0.1) is 0 Å². The van der Waals surface area contributed by atoms with Gasteiger partial charge in [-0.25, -0.2) is 9.98 Å². The molecule has 24 heavy (non-hydrogen) atoms. The third kappa shape index (κ3) is 4.84.